The van der Waals surface area contributed by atoms with Crippen LogP contribution < -0.4 is 5.32 Å². The number of rotatable bonds is 5. The molecule has 0 aromatic rings. The largest absolute Gasteiger partial charge is 0.381 e. The number of likely N-dealkylation sites (N-methyl/N-ethyl adjacent to an activating group) is 2. The maximum Gasteiger partial charge on any atom is 0.0510 e. The Hall–Kier alpha value is -0.160. The van der Waals surface area contributed by atoms with Crippen LogP contribution in [0.4, 0.5) is 0 Å². The second-order valence-corrected chi connectivity index (χ2v) is 6.25. The zero-order valence-electron chi connectivity index (χ0n) is 12.4. The Bertz CT molecular complexity index is 253. The number of hydrogen-bond donors (Lipinski definition) is 1. The SMILES string of the molecule is CNC(CN1CC(C)C(N(C)C)C1)C1CCOC1. The molecule has 4 unspecified atom stereocenters. The van der Waals surface area contributed by atoms with Gasteiger partial charge in [-0.2, -0.15) is 0 Å². The molecule has 0 saturated carbocycles. The van der Waals surface area contributed by atoms with Crippen LogP contribution >= 0.6 is 0 Å². The van der Waals surface area contributed by atoms with Crippen molar-refractivity contribution >= 4 is 0 Å². The van der Waals surface area contributed by atoms with Gasteiger partial charge in [0.2, 0.25) is 0 Å². The highest BCUT2D eigenvalue weighted by atomic mass is 16.5. The van der Waals surface area contributed by atoms with Gasteiger partial charge >= 0.3 is 0 Å². The lowest BCUT2D eigenvalue weighted by Gasteiger charge is -2.28. The summed E-state index contributed by atoms with van der Waals surface area (Å²) in [6.07, 6.45) is 1.21. The number of nitrogens with one attached hydrogen (secondary N) is 1. The Morgan fingerprint density at radius 2 is 2.17 bits per heavy atom. The summed E-state index contributed by atoms with van der Waals surface area (Å²) in [5.41, 5.74) is 0. The van der Waals surface area contributed by atoms with E-state index in [1.54, 1.807) is 0 Å². The lowest BCUT2D eigenvalue weighted by molar-refractivity contribution is 0.166. The highest BCUT2D eigenvalue weighted by molar-refractivity contribution is 4.90. The molecule has 18 heavy (non-hydrogen) atoms. The summed E-state index contributed by atoms with van der Waals surface area (Å²) >= 11 is 0. The van der Waals surface area contributed by atoms with Gasteiger partial charge in [0.1, 0.15) is 0 Å². The molecule has 4 atom stereocenters. The van der Waals surface area contributed by atoms with Crippen LogP contribution in [-0.4, -0.2) is 75.9 Å². The lowest BCUT2D eigenvalue weighted by Crippen LogP contribution is -2.44. The fraction of sp³-hybridized carbons (Fsp3) is 1.00. The minimum Gasteiger partial charge on any atom is -0.381 e. The van der Waals surface area contributed by atoms with Gasteiger partial charge in [-0.05, 0) is 33.5 Å². The maximum atomic E-state index is 5.52. The van der Waals surface area contributed by atoms with Crippen molar-refractivity contribution in [3.8, 4) is 0 Å². The van der Waals surface area contributed by atoms with Crippen LogP contribution in [0.25, 0.3) is 0 Å². The van der Waals surface area contributed by atoms with Gasteiger partial charge in [-0.15, -0.1) is 0 Å². The first-order valence-electron chi connectivity index (χ1n) is 7.25. The molecule has 1 N–H and O–H groups in total. The molecule has 4 nitrogen and oxygen atoms in total. The van der Waals surface area contributed by atoms with E-state index in [9.17, 15) is 0 Å². The second-order valence-electron chi connectivity index (χ2n) is 6.25. The summed E-state index contributed by atoms with van der Waals surface area (Å²) in [7, 11) is 6.49. The molecule has 0 aromatic carbocycles. The molecule has 2 rings (SSSR count). The summed E-state index contributed by atoms with van der Waals surface area (Å²) in [6, 6.07) is 1.29. The van der Waals surface area contributed by atoms with E-state index in [1.165, 1.54) is 26.1 Å². The predicted octanol–water partition coefficient (Wildman–Crippen LogP) is 0.493. The van der Waals surface area contributed by atoms with E-state index < -0.39 is 0 Å². The lowest BCUT2D eigenvalue weighted by atomic mass is 9.99. The maximum absolute atomic E-state index is 5.52. The Morgan fingerprint density at radius 1 is 1.39 bits per heavy atom. The fourth-order valence-electron chi connectivity index (χ4n) is 3.49. The normalized spacial score (nSPS) is 35.5. The van der Waals surface area contributed by atoms with Crippen LogP contribution in [0.15, 0.2) is 0 Å². The highest BCUT2D eigenvalue weighted by Gasteiger charge is 2.34. The van der Waals surface area contributed by atoms with Gasteiger partial charge in [0.15, 0.2) is 0 Å². The van der Waals surface area contributed by atoms with E-state index in [1.807, 2.05) is 0 Å². The van der Waals surface area contributed by atoms with Crippen LogP contribution in [0.3, 0.4) is 0 Å². The Kier molecular flexibility index (Phi) is 5.01. The topological polar surface area (TPSA) is 27.7 Å². The molecule has 0 spiro atoms. The van der Waals surface area contributed by atoms with Gasteiger partial charge in [-0.25, -0.2) is 0 Å². The first kappa shape index (κ1) is 14.3. The van der Waals surface area contributed by atoms with Gasteiger partial charge in [-0.1, -0.05) is 6.92 Å². The van der Waals surface area contributed by atoms with Crippen molar-refractivity contribution in [1.82, 2.24) is 15.1 Å². The Morgan fingerprint density at radius 3 is 2.67 bits per heavy atom. The quantitative estimate of drug-likeness (QED) is 0.774. The van der Waals surface area contributed by atoms with E-state index in [4.69, 9.17) is 4.74 Å². The minimum atomic E-state index is 0.584. The Balaban J connectivity index is 1.85. The molecule has 0 radical (unpaired) electrons. The molecule has 0 aliphatic carbocycles. The van der Waals surface area contributed by atoms with Gasteiger partial charge in [0, 0.05) is 44.2 Å². The fourth-order valence-corrected chi connectivity index (χ4v) is 3.49. The van der Waals surface area contributed by atoms with Crippen molar-refractivity contribution in [3.05, 3.63) is 0 Å². The number of likely N-dealkylation sites (tertiary alicyclic amines) is 1. The van der Waals surface area contributed by atoms with Crippen LogP contribution in [0.2, 0.25) is 0 Å². The third kappa shape index (κ3) is 3.23. The molecule has 2 aliphatic heterocycles. The highest BCUT2D eigenvalue weighted by Crippen LogP contribution is 2.23. The van der Waals surface area contributed by atoms with Crippen molar-refractivity contribution in [2.24, 2.45) is 11.8 Å². The average Bonchev–Trinajstić information content (AvgIpc) is 2.95. The molecule has 106 valence electrons. The molecular formula is C14H29N3O. The van der Waals surface area contributed by atoms with Crippen molar-refractivity contribution in [3.63, 3.8) is 0 Å². The number of hydrogen-bond acceptors (Lipinski definition) is 4. The van der Waals surface area contributed by atoms with E-state index in [0.717, 1.165) is 19.1 Å². The summed E-state index contributed by atoms with van der Waals surface area (Å²) in [4.78, 5) is 4.99. The summed E-state index contributed by atoms with van der Waals surface area (Å²) in [5, 5.41) is 3.49. The monoisotopic (exact) mass is 255 g/mol. The Labute approximate surface area is 112 Å². The minimum absolute atomic E-state index is 0.584. The molecule has 2 aliphatic rings. The van der Waals surface area contributed by atoms with E-state index in [0.29, 0.717) is 18.0 Å². The molecule has 2 fully saturated rings. The molecule has 2 heterocycles. The van der Waals surface area contributed by atoms with Crippen LogP contribution in [-0.2, 0) is 4.74 Å². The number of ether oxygens (including phenoxy) is 1. The first-order valence-corrected chi connectivity index (χ1v) is 7.25. The first-order chi connectivity index (χ1) is 8.61. The van der Waals surface area contributed by atoms with Gasteiger partial charge in [0.25, 0.3) is 0 Å². The summed E-state index contributed by atoms with van der Waals surface area (Å²) in [6.45, 7) is 7.86. The second kappa shape index (κ2) is 6.33. The van der Waals surface area contributed by atoms with Crippen molar-refractivity contribution in [2.45, 2.75) is 25.4 Å². The standard InChI is InChI=1S/C14H29N3O/c1-11-7-17(9-14(11)16(3)4)8-13(15-2)12-5-6-18-10-12/h11-15H,5-10H2,1-4H3. The molecule has 0 aromatic heterocycles. The van der Waals surface area contributed by atoms with Crippen LogP contribution in [0, 0.1) is 11.8 Å². The van der Waals surface area contributed by atoms with E-state index in [-0.39, 0.29) is 0 Å². The van der Waals surface area contributed by atoms with Gasteiger partial charge in [0.05, 0.1) is 6.61 Å². The molecule has 0 amide bonds. The third-order valence-corrected chi connectivity index (χ3v) is 4.67. The summed E-state index contributed by atoms with van der Waals surface area (Å²) < 4.78 is 5.52. The van der Waals surface area contributed by atoms with Crippen molar-refractivity contribution in [2.75, 3.05) is 54.0 Å². The van der Waals surface area contributed by atoms with Crippen molar-refractivity contribution in [1.29, 1.82) is 0 Å². The third-order valence-electron chi connectivity index (χ3n) is 4.67. The molecular weight excluding hydrogens is 226 g/mol. The zero-order valence-corrected chi connectivity index (χ0v) is 12.4. The molecule has 0 bridgehead atoms. The predicted molar refractivity (Wildman–Crippen MR) is 74.9 cm³/mol. The van der Waals surface area contributed by atoms with Crippen molar-refractivity contribution < 1.29 is 4.74 Å². The van der Waals surface area contributed by atoms with E-state index in [2.05, 4.69) is 43.2 Å². The van der Waals surface area contributed by atoms with Gasteiger partial charge < -0.3 is 15.0 Å². The van der Waals surface area contributed by atoms with Crippen LogP contribution in [0.5, 0.6) is 0 Å². The van der Waals surface area contributed by atoms with Crippen LogP contribution in [0.1, 0.15) is 13.3 Å². The number of nitrogens with zero attached hydrogens (tertiary/aromatic N) is 2. The zero-order chi connectivity index (χ0) is 13.1. The average molecular weight is 255 g/mol. The van der Waals surface area contributed by atoms with E-state index >= 15 is 0 Å². The molecule has 4 heteroatoms. The smallest absolute Gasteiger partial charge is 0.0510 e. The van der Waals surface area contributed by atoms with Gasteiger partial charge in [-0.3, -0.25) is 4.90 Å². The summed E-state index contributed by atoms with van der Waals surface area (Å²) in [5.74, 6) is 1.47. The molecule has 2 saturated heterocycles.